The number of fused-ring (bicyclic) bond motifs is 1. The lowest BCUT2D eigenvalue weighted by atomic mass is 9.95. The van der Waals surface area contributed by atoms with Gasteiger partial charge in [0.2, 0.25) is 0 Å². The fourth-order valence-electron chi connectivity index (χ4n) is 5.31. The lowest BCUT2D eigenvalue weighted by Gasteiger charge is -2.25. The normalized spacial score (nSPS) is 14.3. The Kier molecular flexibility index (Phi) is 9.49. The third-order valence-corrected chi connectivity index (χ3v) is 9.07. The maximum Gasteiger partial charge on any atom is 0.271 e. The second-order valence-electron chi connectivity index (χ2n) is 10.6. The Balaban J connectivity index is 1.41. The molecule has 1 aliphatic heterocycles. The molecule has 1 aliphatic rings. The van der Waals surface area contributed by atoms with Crippen molar-refractivity contribution in [1.29, 1.82) is 0 Å². The number of ether oxygens (including phenoxy) is 3. The lowest BCUT2D eigenvalue weighted by Crippen LogP contribution is -2.40. The second kappa shape index (κ2) is 13.9. The quantitative estimate of drug-likeness (QED) is 0.185. The van der Waals surface area contributed by atoms with Crippen molar-refractivity contribution in [3.8, 4) is 17.2 Å². The summed E-state index contributed by atoms with van der Waals surface area (Å²) < 4.78 is 19.1. The van der Waals surface area contributed by atoms with E-state index in [-0.39, 0.29) is 18.1 Å². The van der Waals surface area contributed by atoms with Gasteiger partial charge in [0.15, 0.2) is 16.3 Å². The van der Waals surface area contributed by atoms with Crippen LogP contribution in [-0.2, 0) is 11.4 Å². The second-order valence-corrected chi connectivity index (χ2v) is 12.5. The summed E-state index contributed by atoms with van der Waals surface area (Å²) in [4.78, 5) is 33.2. The van der Waals surface area contributed by atoms with Gasteiger partial charge in [0, 0.05) is 10.7 Å². The first-order chi connectivity index (χ1) is 22.7. The van der Waals surface area contributed by atoms with Gasteiger partial charge in [-0.05, 0) is 78.2 Å². The number of nitrogens with zero attached hydrogens (tertiary/aromatic N) is 2. The Morgan fingerprint density at radius 2 is 1.74 bits per heavy atom. The van der Waals surface area contributed by atoms with Gasteiger partial charge >= 0.3 is 0 Å². The SMILES string of the molecule is COc1cccc([C@H]2C(C(=O)Nc3ccccc3)=C(C)N=c3s/c(=C\c4cc(Cl)c(OCc5ccc(Cl)cc5)c(OC)c4)c(=O)n32)c1. The zero-order chi connectivity index (χ0) is 33.1. The minimum atomic E-state index is -0.756. The molecule has 0 fully saturated rings. The van der Waals surface area contributed by atoms with E-state index in [9.17, 15) is 9.59 Å². The predicted octanol–water partition coefficient (Wildman–Crippen LogP) is 6.78. The molecule has 0 bridgehead atoms. The molecule has 4 aromatic carbocycles. The number of allylic oxidation sites excluding steroid dienone is 1. The molecule has 238 valence electrons. The van der Waals surface area contributed by atoms with Crippen molar-refractivity contribution in [3.63, 3.8) is 0 Å². The fraction of sp³-hybridized carbons (Fsp3) is 0.139. The van der Waals surface area contributed by atoms with Gasteiger partial charge in [-0.2, -0.15) is 0 Å². The van der Waals surface area contributed by atoms with Gasteiger partial charge in [-0.1, -0.05) is 77.0 Å². The zero-order valence-corrected chi connectivity index (χ0v) is 28.0. The summed E-state index contributed by atoms with van der Waals surface area (Å²) in [5.74, 6) is 1.04. The van der Waals surface area contributed by atoms with E-state index < -0.39 is 6.04 Å². The number of para-hydroxylation sites is 1. The third-order valence-electron chi connectivity index (χ3n) is 7.55. The lowest BCUT2D eigenvalue weighted by molar-refractivity contribution is -0.113. The summed E-state index contributed by atoms with van der Waals surface area (Å²) in [6.07, 6.45) is 1.73. The number of aromatic nitrogens is 1. The Morgan fingerprint density at radius 1 is 0.979 bits per heavy atom. The van der Waals surface area contributed by atoms with Gasteiger partial charge in [-0.3, -0.25) is 14.2 Å². The molecule has 1 amide bonds. The molecule has 0 spiro atoms. The highest BCUT2D eigenvalue weighted by molar-refractivity contribution is 7.07. The van der Waals surface area contributed by atoms with Crippen LogP contribution < -0.4 is 34.4 Å². The fourth-order valence-corrected chi connectivity index (χ4v) is 6.76. The van der Waals surface area contributed by atoms with Crippen LogP contribution in [0.5, 0.6) is 17.2 Å². The largest absolute Gasteiger partial charge is 0.497 e. The molecule has 11 heteroatoms. The first-order valence-corrected chi connectivity index (χ1v) is 16.1. The van der Waals surface area contributed by atoms with Crippen molar-refractivity contribution in [1.82, 2.24) is 4.57 Å². The summed E-state index contributed by atoms with van der Waals surface area (Å²) in [5, 5.41) is 3.92. The van der Waals surface area contributed by atoms with E-state index >= 15 is 0 Å². The molecule has 1 aromatic heterocycles. The average Bonchev–Trinajstić information content (AvgIpc) is 3.37. The number of methoxy groups -OCH3 is 2. The molecule has 0 saturated carbocycles. The maximum atomic E-state index is 14.2. The topological polar surface area (TPSA) is 91.2 Å². The van der Waals surface area contributed by atoms with Crippen molar-refractivity contribution >= 4 is 52.2 Å². The van der Waals surface area contributed by atoms with Crippen LogP contribution in [0.2, 0.25) is 10.0 Å². The number of thiazole rings is 1. The molecule has 6 rings (SSSR count). The number of rotatable bonds is 9. The van der Waals surface area contributed by atoms with Crippen molar-refractivity contribution in [2.45, 2.75) is 19.6 Å². The van der Waals surface area contributed by atoms with Gasteiger partial charge < -0.3 is 19.5 Å². The van der Waals surface area contributed by atoms with Crippen LogP contribution in [0.25, 0.3) is 6.08 Å². The number of anilines is 1. The maximum absolute atomic E-state index is 14.2. The third kappa shape index (κ3) is 6.83. The number of nitrogens with one attached hydrogen (secondary N) is 1. The van der Waals surface area contributed by atoms with Crippen LogP contribution in [0.4, 0.5) is 5.69 Å². The highest BCUT2D eigenvalue weighted by Gasteiger charge is 2.33. The standard InChI is InChI=1S/C36H29Cl2N3O5S/c1-21-31(34(42)40-26-9-5-4-6-10-26)32(24-8-7-11-27(19-24)44-2)41-35(43)30(47-36(41)39-21)18-23-16-28(38)33(29(17-23)45-3)46-20-22-12-14-25(37)15-13-22/h4-19,32H,20H2,1-3H3,(H,40,42)/b30-18-/t32-/m0/s1. The first kappa shape index (κ1) is 32.1. The number of amides is 1. The summed E-state index contributed by atoms with van der Waals surface area (Å²) in [6.45, 7) is 2.03. The van der Waals surface area contributed by atoms with Crippen LogP contribution >= 0.6 is 34.5 Å². The van der Waals surface area contributed by atoms with Crippen LogP contribution in [0.15, 0.2) is 112 Å². The van der Waals surface area contributed by atoms with E-state index in [1.54, 1.807) is 61.1 Å². The smallest absolute Gasteiger partial charge is 0.271 e. The van der Waals surface area contributed by atoms with E-state index in [0.29, 0.717) is 64.7 Å². The molecule has 5 aromatic rings. The predicted molar refractivity (Wildman–Crippen MR) is 186 cm³/mol. The van der Waals surface area contributed by atoms with Crippen molar-refractivity contribution < 1.29 is 19.0 Å². The van der Waals surface area contributed by atoms with Gasteiger partial charge in [0.1, 0.15) is 12.4 Å². The van der Waals surface area contributed by atoms with Crippen molar-refractivity contribution in [2.24, 2.45) is 4.99 Å². The van der Waals surface area contributed by atoms with E-state index in [1.807, 2.05) is 54.6 Å². The van der Waals surface area contributed by atoms with E-state index in [1.165, 1.54) is 18.4 Å². The number of benzene rings is 4. The number of hydrogen-bond acceptors (Lipinski definition) is 7. The molecule has 0 aliphatic carbocycles. The molecule has 1 atom stereocenters. The molecule has 0 saturated heterocycles. The highest BCUT2D eigenvalue weighted by Crippen LogP contribution is 2.37. The average molecular weight is 687 g/mol. The van der Waals surface area contributed by atoms with Gasteiger partial charge in [-0.25, -0.2) is 4.99 Å². The van der Waals surface area contributed by atoms with Gasteiger partial charge in [-0.15, -0.1) is 0 Å². The Hall–Kier alpha value is -4.83. The molecule has 8 nitrogen and oxygen atoms in total. The summed E-state index contributed by atoms with van der Waals surface area (Å²) >= 11 is 13.9. The number of halogens is 2. The number of hydrogen-bond donors (Lipinski definition) is 1. The molecular weight excluding hydrogens is 657 g/mol. The first-order valence-electron chi connectivity index (χ1n) is 14.5. The van der Waals surface area contributed by atoms with Crippen LogP contribution in [0, 0.1) is 0 Å². The Morgan fingerprint density at radius 3 is 2.47 bits per heavy atom. The highest BCUT2D eigenvalue weighted by atomic mass is 35.5. The molecule has 0 unspecified atom stereocenters. The summed E-state index contributed by atoms with van der Waals surface area (Å²) in [7, 11) is 3.10. The minimum Gasteiger partial charge on any atom is -0.497 e. The molecule has 47 heavy (non-hydrogen) atoms. The van der Waals surface area contributed by atoms with Crippen LogP contribution in [0.3, 0.4) is 0 Å². The monoisotopic (exact) mass is 685 g/mol. The van der Waals surface area contributed by atoms with Crippen molar-refractivity contribution in [2.75, 3.05) is 19.5 Å². The molecule has 0 radical (unpaired) electrons. The summed E-state index contributed by atoms with van der Waals surface area (Å²) in [6, 6.07) is 26.5. The van der Waals surface area contributed by atoms with Crippen molar-refractivity contribution in [3.05, 3.63) is 149 Å². The van der Waals surface area contributed by atoms with Gasteiger partial charge in [0.05, 0.1) is 41.1 Å². The molecule has 1 N–H and O–H groups in total. The Labute approximate surface area is 284 Å². The molecule has 2 heterocycles. The van der Waals surface area contributed by atoms with E-state index in [0.717, 1.165) is 5.56 Å². The van der Waals surface area contributed by atoms with E-state index in [2.05, 4.69) is 5.32 Å². The number of carbonyl (C=O) groups is 1. The summed E-state index contributed by atoms with van der Waals surface area (Å²) in [5.41, 5.74) is 3.43. The Bertz CT molecular complexity index is 2180. The minimum absolute atomic E-state index is 0.259. The van der Waals surface area contributed by atoms with Gasteiger partial charge in [0.25, 0.3) is 11.5 Å². The van der Waals surface area contributed by atoms with Crippen LogP contribution in [-0.4, -0.2) is 24.7 Å². The van der Waals surface area contributed by atoms with Crippen LogP contribution in [0.1, 0.15) is 29.7 Å². The zero-order valence-electron chi connectivity index (χ0n) is 25.6. The molecular formula is C36H29Cl2N3O5S. The van der Waals surface area contributed by atoms with E-state index in [4.69, 9.17) is 42.4 Å². The number of carbonyl (C=O) groups excluding carboxylic acids is 1.